The molecule has 1 aliphatic carbocycles. The molecule has 152 valence electrons. The number of para-hydroxylation sites is 1. The average Bonchev–Trinajstić information content (AvgIpc) is 3.44. The fourth-order valence-corrected chi connectivity index (χ4v) is 4.08. The van der Waals surface area contributed by atoms with E-state index >= 15 is 0 Å². The van der Waals surface area contributed by atoms with Crippen molar-refractivity contribution in [2.24, 2.45) is 0 Å². The van der Waals surface area contributed by atoms with Crippen LogP contribution >= 0.6 is 11.6 Å². The largest absolute Gasteiger partial charge is 0.335 e. The van der Waals surface area contributed by atoms with Crippen molar-refractivity contribution in [3.8, 4) is 5.69 Å². The van der Waals surface area contributed by atoms with Gasteiger partial charge in [0.15, 0.2) is 11.6 Å². The van der Waals surface area contributed by atoms with E-state index in [9.17, 15) is 0 Å². The molecule has 6 rings (SSSR count). The van der Waals surface area contributed by atoms with Crippen LogP contribution in [0.4, 0.5) is 0 Å². The number of hydrogen-bond acceptors (Lipinski definition) is 5. The van der Waals surface area contributed by atoms with E-state index in [1.807, 2.05) is 49.4 Å². The summed E-state index contributed by atoms with van der Waals surface area (Å²) in [6, 6.07) is 16.1. The quantitative estimate of drug-likeness (QED) is 0.433. The van der Waals surface area contributed by atoms with Gasteiger partial charge >= 0.3 is 0 Å². The number of halogens is 1. The zero-order valence-corrected chi connectivity index (χ0v) is 17.5. The fraction of sp³-hybridized carbons (Fsp3) is 0.167. The van der Waals surface area contributed by atoms with Gasteiger partial charge in [-0.3, -0.25) is 4.57 Å². The number of aromatic nitrogens is 5. The lowest BCUT2D eigenvalue weighted by atomic mass is 9.95. The van der Waals surface area contributed by atoms with Gasteiger partial charge in [0.2, 0.25) is 0 Å². The van der Waals surface area contributed by atoms with Gasteiger partial charge in [0.25, 0.3) is 5.89 Å². The van der Waals surface area contributed by atoms with Crippen molar-refractivity contribution < 1.29 is 4.52 Å². The van der Waals surface area contributed by atoms with E-state index in [0.717, 1.165) is 58.3 Å². The zero-order valence-electron chi connectivity index (χ0n) is 16.8. The molecule has 0 atom stereocenters. The van der Waals surface area contributed by atoms with Crippen LogP contribution in [0.25, 0.3) is 22.9 Å². The lowest BCUT2D eigenvalue weighted by Gasteiger charge is -2.13. The standard InChI is InChI=1S/C24H18ClN5O/c1-14-27-28-24-17(13-22-26-23(29-31-22)16-6-7-16)12-20(15-8-10-18(25)11-9-15)19-4-2-3-5-21(19)30(14)24/h2-5,8-13,16H,6-7H2,1H3/b17-13+. The minimum Gasteiger partial charge on any atom is -0.335 e. The van der Waals surface area contributed by atoms with Crippen molar-refractivity contribution in [3.05, 3.63) is 94.1 Å². The van der Waals surface area contributed by atoms with Crippen molar-refractivity contribution in [1.29, 1.82) is 0 Å². The third-order valence-corrected chi connectivity index (χ3v) is 5.90. The van der Waals surface area contributed by atoms with Crippen LogP contribution in [-0.4, -0.2) is 24.9 Å². The molecular weight excluding hydrogens is 410 g/mol. The molecule has 2 aliphatic rings. The van der Waals surface area contributed by atoms with Crippen molar-refractivity contribution in [2.75, 3.05) is 0 Å². The molecule has 1 aliphatic heterocycles. The summed E-state index contributed by atoms with van der Waals surface area (Å²) in [6.45, 7) is 1.95. The van der Waals surface area contributed by atoms with Gasteiger partial charge in [-0.2, -0.15) is 4.98 Å². The first-order chi connectivity index (χ1) is 15.2. The lowest BCUT2D eigenvalue weighted by Crippen LogP contribution is -2.03. The van der Waals surface area contributed by atoms with Gasteiger partial charge in [0.1, 0.15) is 5.82 Å². The minimum atomic E-state index is 0.431. The maximum absolute atomic E-state index is 6.15. The summed E-state index contributed by atoms with van der Waals surface area (Å²) < 4.78 is 7.59. The molecule has 0 amide bonds. The van der Waals surface area contributed by atoms with Gasteiger partial charge in [-0.25, -0.2) is 0 Å². The van der Waals surface area contributed by atoms with E-state index in [1.54, 1.807) is 0 Å². The first kappa shape index (κ1) is 18.3. The van der Waals surface area contributed by atoms with Crippen molar-refractivity contribution >= 4 is 28.8 Å². The second-order valence-corrected chi connectivity index (χ2v) is 8.29. The third-order valence-electron chi connectivity index (χ3n) is 5.65. The van der Waals surface area contributed by atoms with Crippen LogP contribution in [0.5, 0.6) is 0 Å². The molecule has 0 spiro atoms. The second kappa shape index (κ2) is 7.03. The molecule has 0 N–H and O–H groups in total. The van der Waals surface area contributed by atoms with Crippen LogP contribution in [-0.2, 0) is 0 Å². The summed E-state index contributed by atoms with van der Waals surface area (Å²) in [6.07, 6.45) is 6.24. The van der Waals surface area contributed by atoms with Crippen molar-refractivity contribution in [2.45, 2.75) is 25.7 Å². The number of rotatable bonds is 3. The summed E-state index contributed by atoms with van der Waals surface area (Å²) in [5.41, 5.74) is 5.08. The lowest BCUT2D eigenvalue weighted by molar-refractivity contribution is 0.403. The predicted octanol–water partition coefficient (Wildman–Crippen LogP) is 5.48. The van der Waals surface area contributed by atoms with Gasteiger partial charge in [-0.05, 0) is 55.2 Å². The second-order valence-electron chi connectivity index (χ2n) is 7.85. The van der Waals surface area contributed by atoms with E-state index in [0.29, 0.717) is 16.8 Å². The third kappa shape index (κ3) is 3.20. The van der Waals surface area contributed by atoms with Crippen LogP contribution in [0.2, 0.25) is 5.02 Å². The highest BCUT2D eigenvalue weighted by Gasteiger charge is 2.29. The van der Waals surface area contributed by atoms with E-state index < -0.39 is 0 Å². The zero-order chi connectivity index (χ0) is 20.9. The monoisotopic (exact) mass is 427 g/mol. The van der Waals surface area contributed by atoms with Crippen LogP contribution in [0.3, 0.4) is 0 Å². The molecule has 1 fully saturated rings. The Morgan fingerprint density at radius 3 is 2.68 bits per heavy atom. The highest BCUT2D eigenvalue weighted by atomic mass is 35.5. The van der Waals surface area contributed by atoms with Crippen molar-refractivity contribution in [1.82, 2.24) is 24.9 Å². The Labute approximate surface area is 183 Å². The maximum Gasteiger partial charge on any atom is 0.251 e. The first-order valence-corrected chi connectivity index (χ1v) is 10.6. The summed E-state index contributed by atoms with van der Waals surface area (Å²) in [5, 5.41) is 13.7. The molecule has 2 aromatic carbocycles. The normalized spacial score (nSPS) is 16.6. The number of nitrogens with zero attached hydrogens (tertiary/aromatic N) is 5. The number of hydrogen-bond donors (Lipinski definition) is 0. The van der Waals surface area contributed by atoms with E-state index in [2.05, 4.69) is 43.1 Å². The highest BCUT2D eigenvalue weighted by Crippen LogP contribution is 2.39. The molecule has 31 heavy (non-hydrogen) atoms. The summed E-state index contributed by atoms with van der Waals surface area (Å²) >= 11 is 6.15. The topological polar surface area (TPSA) is 69.6 Å². The molecule has 2 aromatic heterocycles. The van der Waals surface area contributed by atoms with Crippen LogP contribution < -0.4 is 0 Å². The molecule has 0 unspecified atom stereocenters. The molecule has 4 aromatic rings. The fourth-order valence-electron chi connectivity index (χ4n) is 3.95. The molecule has 6 nitrogen and oxygen atoms in total. The molecular formula is C24H18ClN5O. The molecule has 3 heterocycles. The molecule has 0 radical (unpaired) electrons. The number of aryl methyl sites for hydroxylation is 1. The SMILES string of the molecule is Cc1nnc2n1-c1ccccc1C(c1ccc(Cl)cc1)=C/C2=C\c1nc(C2CC2)no1. The van der Waals surface area contributed by atoms with Gasteiger partial charge < -0.3 is 4.52 Å². The predicted molar refractivity (Wildman–Crippen MR) is 119 cm³/mol. The molecule has 7 heteroatoms. The molecule has 0 bridgehead atoms. The van der Waals surface area contributed by atoms with E-state index in [-0.39, 0.29) is 0 Å². The Hall–Kier alpha value is -3.51. The molecule has 0 saturated heterocycles. The minimum absolute atomic E-state index is 0.431. The van der Waals surface area contributed by atoms with Gasteiger partial charge in [-0.15, -0.1) is 10.2 Å². The van der Waals surface area contributed by atoms with Gasteiger partial charge in [-0.1, -0.05) is 47.1 Å². The Morgan fingerprint density at radius 1 is 1.06 bits per heavy atom. The maximum atomic E-state index is 6.15. The number of allylic oxidation sites excluding steroid dienone is 2. The van der Waals surface area contributed by atoms with Gasteiger partial charge in [0.05, 0.1) is 5.69 Å². The highest BCUT2D eigenvalue weighted by molar-refractivity contribution is 6.30. The molecule has 1 saturated carbocycles. The Kier molecular flexibility index (Phi) is 4.14. The smallest absolute Gasteiger partial charge is 0.251 e. The number of fused-ring (bicyclic) bond motifs is 3. The van der Waals surface area contributed by atoms with Gasteiger partial charge in [0, 0.05) is 28.2 Å². The first-order valence-electron chi connectivity index (χ1n) is 10.2. The summed E-state index contributed by atoms with van der Waals surface area (Å²) in [7, 11) is 0. The average molecular weight is 428 g/mol. The van der Waals surface area contributed by atoms with Crippen LogP contribution in [0.15, 0.2) is 59.1 Å². The Balaban J connectivity index is 1.59. The summed E-state index contributed by atoms with van der Waals surface area (Å²) in [4.78, 5) is 4.58. The van der Waals surface area contributed by atoms with Crippen LogP contribution in [0.1, 0.15) is 53.3 Å². The van der Waals surface area contributed by atoms with E-state index in [1.165, 1.54) is 0 Å². The number of benzene rings is 2. The summed E-state index contributed by atoms with van der Waals surface area (Å²) in [5.74, 6) is 3.23. The van der Waals surface area contributed by atoms with E-state index in [4.69, 9.17) is 16.1 Å². The van der Waals surface area contributed by atoms with Crippen molar-refractivity contribution in [3.63, 3.8) is 0 Å². The Bertz CT molecular complexity index is 1360. The van der Waals surface area contributed by atoms with Crippen LogP contribution in [0, 0.1) is 6.92 Å². The Morgan fingerprint density at radius 2 is 1.87 bits per heavy atom.